The van der Waals surface area contributed by atoms with E-state index in [9.17, 15) is 4.39 Å². The SMILES string of the molecule is CC(C)CN=C(N)NCCc1ccc(F)cc1.I. The maximum Gasteiger partial charge on any atom is 0.188 e. The number of nitrogens with two attached hydrogens (primary N) is 1. The summed E-state index contributed by atoms with van der Waals surface area (Å²) in [7, 11) is 0. The molecule has 102 valence electrons. The third kappa shape index (κ3) is 7.47. The number of hydrogen-bond donors (Lipinski definition) is 2. The monoisotopic (exact) mass is 365 g/mol. The standard InChI is InChI=1S/C13H20FN3.HI/c1-10(2)9-17-13(15)16-8-7-11-3-5-12(14)6-4-11;/h3-6,10H,7-9H2,1-2H3,(H3,15,16,17);1H. The van der Waals surface area contributed by atoms with Crippen LogP contribution in [0.3, 0.4) is 0 Å². The molecule has 0 saturated carbocycles. The number of guanidine groups is 1. The van der Waals surface area contributed by atoms with E-state index in [-0.39, 0.29) is 29.8 Å². The van der Waals surface area contributed by atoms with Crippen molar-refractivity contribution in [1.29, 1.82) is 0 Å². The molecule has 1 aromatic carbocycles. The van der Waals surface area contributed by atoms with Crippen molar-refractivity contribution < 1.29 is 4.39 Å². The van der Waals surface area contributed by atoms with Gasteiger partial charge in [-0.1, -0.05) is 26.0 Å². The van der Waals surface area contributed by atoms with Crippen LogP contribution in [0.1, 0.15) is 19.4 Å². The van der Waals surface area contributed by atoms with Gasteiger partial charge in [-0.2, -0.15) is 0 Å². The van der Waals surface area contributed by atoms with Gasteiger partial charge in [0.1, 0.15) is 5.82 Å². The van der Waals surface area contributed by atoms with Crippen LogP contribution < -0.4 is 11.1 Å². The zero-order valence-electron chi connectivity index (χ0n) is 10.8. The van der Waals surface area contributed by atoms with Crippen LogP contribution in [-0.2, 0) is 6.42 Å². The van der Waals surface area contributed by atoms with E-state index in [1.165, 1.54) is 12.1 Å². The Balaban J connectivity index is 0.00000289. The van der Waals surface area contributed by atoms with E-state index in [0.717, 1.165) is 18.5 Å². The minimum atomic E-state index is -0.209. The summed E-state index contributed by atoms with van der Waals surface area (Å²) in [5.74, 6) is 0.771. The lowest BCUT2D eigenvalue weighted by atomic mass is 10.1. The third-order valence-corrected chi connectivity index (χ3v) is 2.26. The van der Waals surface area contributed by atoms with Crippen molar-refractivity contribution in [3.63, 3.8) is 0 Å². The van der Waals surface area contributed by atoms with Crippen LogP contribution in [0.2, 0.25) is 0 Å². The second-order valence-electron chi connectivity index (χ2n) is 4.42. The van der Waals surface area contributed by atoms with Gasteiger partial charge in [0.05, 0.1) is 0 Å². The molecule has 0 spiro atoms. The van der Waals surface area contributed by atoms with Gasteiger partial charge in [0.15, 0.2) is 5.96 Å². The van der Waals surface area contributed by atoms with Gasteiger partial charge < -0.3 is 11.1 Å². The Hall–Kier alpha value is -0.850. The van der Waals surface area contributed by atoms with E-state index in [1.54, 1.807) is 12.1 Å². The average molecular weight is 365 g/mol. The van der Waals surface area contributed by atoms with E-state index >= 15 is 0 Å². The van der Waals surface area contributed by atoms with Crippen LogP contribution in [0.15, 0.2) is 29.3 Å². The fraction of sp³-hybridized carbons (Fsp3) is 0.462. The van der Waals surface area contributed by atoms with Crippen LogP contribution in [0.5, 0.6) is 0 Å². The molecule has 0 amide bonds. The number of halogens is 2. The highest BCUT2D eigenvalue weighted by molar-refractivity contribution is 14.0. The maximum atomic E-state index is 12.7. The van der Waals surface area contributed by atoms with E-state index in [4.69, 9.17) is 5.73 Å². The van der Waals surface area contributed by atoms with Gasteiger partial charge in [-0.25, -0.2) is 4.39 Å². The summed E-state index contributed by atoms with van der Waals surface area (Å²) in [6.45, 7) is 5.62. The van der Waals surface area contributed by atoms with E-state index in [1.807, 2.05) is 0 Å². The Morgan fingerprint density at radius 2 is 1.94 bits per heavy atom. The Bertz CT molecular complexity index is 363. The molecule has 0 unspecified atom stereocenters. The van der Waals surface area contributed by atoms with Crippen molar-refractivity contribution in [2.45, 2.75) is 20.3 Å². The number of nitrogens with zero attached hydrogens (tertiary/aromatic N) is 1. The molecule has 0 aliphatic rings. The molecule has 18 heavy (non-hydrogen) atoms. The van der Waals surface area contributed by atoms with Crippen molar-refractivity contribution in [2.75, 3.05) is 13.1 Å². The fourth-order valence-corrected chi connectivity index (χ4v) is 1.32. The second-order valence-corrected chi connectivity index (χ2v) is 4.42. The van der Waals surface area contributed by atoms with Crippen molar-refractivity contribution in [3.8, 4) is 0 Å². The summed E-state index contributed by atoms with van der Waals surface area (Å²) in [6, 6.07) is 6.48. The van der Waals surface area contributed by atoms with Crippen LogP contribution in [0, 0.1) is 11.7 Å². The van der Waals surface area contributed by atoms with Gasteiger partial charge in [0.25, 0.3) is 0 Å². The van der Waals surface area contributed by atoms with E-state index < -0.39 is 0 Å². The first-order valence-electron chi connectivity index (χ1n) is 5.86. The lowest BCUT2D eigenvalue weighted by Crippen LogP contribution is -2.33. The summed E-state index contributed by atoms with van der Waals surface area (Å²) in [4.78, 5) is 4.19. The quantitative estimate of drug-likeness (QED) is 0.479. The summed E-state index contributed by atoms with van der Waals surface area (Å²) < 4.78 is 12.7. The average Bonchev–Trinajstić information content (AvgIpc) is 2.29. The summed E-state index contributed by atoms with van der Waals surface area (Å²) in [6.07, 6.45) is 0.804. The summed E-state index contributed by atoms with van der Waals surface area (Å²) >= 11 is 0. The lowest BCUT2D eigenvalue weighted by Gasteiger charge is -2.06. The summed E-state index contributed by atoms with van der Waals surface area (Å²) in [5, 5.41) is 3.04. The molecule has 1 aromatic rings. The van der Waals surface area contributed by atoms with Crippen LogP contribution in [-0.4, -0.2) is 19.0 Å². The highest BCUT2D eigenvalue weighted by Crippen LogP contribution is 2.02. The van der Waals surface area contributed by atoms with Gasteiger partial charge in [-0.05, 0) is 30.0 Å². The Morgan fingerprint density at radius 1 is 1.33 bits per heavy atom. The zero-order chi connectivity index (χ0) is 12.7. The normalized spacial score (nSPS) is 11.2. The first kappa shape index (κ1) is 17.2. The molecular formula is C13H21FIN3. The Kier molecular flexibility index (Phi) is 8.70. The molecule has 5 heteroatoms. The molecule has 0 fully saturated rings. The number of benzene rings is 1. The Morgan fingerprint density at radius 3 is 2.50 bits per heavy atom. The second kappa shape index (κ2) is 9.13. The smallest absolute Gasteiger partial charge is 0.188 e. The predicted molar refractivity (Wildman–Crippen MR) is 84.8 cm³/mol. The van der Waals surface area contributed by atoms with Crippen molar-refractivity contribution in [2.24, 2.45) is 16.6 Å². The number of nitrogens with one attached hydrogen (secondary N) is 1. The highest BCUT2D eigenvalue weighted by Gasteiger charge is 1.96. The molecule has 3 nitrogen and oxygen atoms in total. The van der Waals surface area contributed by atoms with Gasteiger partial charge >= 0.3 is 0 Å². The zero-order valence-corrected chi connectivity index (χ0v) is 13.1. The molecule has 0 radical (unpaired) electrons. The van der Waals surface area contributed by atoms with E-state index in [0.29, 0.717) is 18.4 Å². The van der Waals surface area contributed by atoms with Crippen molar-refractivity contribution in [3.05, 3.63) is 35.6 Å². The summed E-state index contributed by atoms with van der Waals surface area (Å²) in [5.41, 5.74) is 6.77. The third-order valence-electron chi connectivity index (χ3n) is 2.26. The molecule has 0 aromatic heterocycles. The van der Waals surface area contributed by atoms with Crippen LogP contribution >= 0.6 is 24.0 Å². The van der Waals surface area contributed by atoms with Crippen LogP contribution in [0.25, 0.3) is 0 Å². The number of rotatable bonds is 5. The molecule has 0 heterocycles. The Labute approximate surface area is 125 Å². The lowest BCUT2D eigenvalue weighted by molar-refractivity contribution is 0.626. The fourth-order valence-electron chi connectivity index (χ4n) is 1.32. The largest absolute Gasteiger partial charge is 0.370 e. The first-order valence-corrected chi connectivity index (χ1v) is 5.86. The van der Waals surface area contributed by atoms with E-state index in [2.05, 4.69) is 24.2 Å². The molecular weight excluding hydrogens is 344 g/mol. The predicted octanol–water partition coefficient (Wildman–Crippen LogP) is 2.55. The highest BCUT2D eigenvalue weighted by atomic mass is 127. The topological polar surface area (TPSA) is 50.4 Å². The first-order chi connectivity index (χ1) is 8.08. The number of hydrogen-bond acceptors (Lipinski definition) is 1. The molecule has 1 rings (SSSR count). The minimum Gasteiger partial charge on any atom is -0.370 e. The van der Waals surface area contributed by atoms with Gasteiger partial charge in [0, 0.05) is 13.1 Å². The molecule has 0 aliphatic carbocycles. The molecule has 0 atom stereocenters. The number of aliphatic imine (C=N–C) groups is 1. The molecule has 0 saturated heterocycles. The minimum absolute atomic E-state index is 0. The van der Waals surface area contributed by atoms with Crippen molar-refractivity contribution in [1.82, 2.24) is 5.32 Å². The van der Waals surface area contributed by atoms with Crippen LogP contribution in [0.4, 0.5) is 4.39 Å². The molecule has 0 bridgehead atoms. The van der Waals surface area contributed by atoms with Gasteiger partial charge in [0.2, 0.25) is 0 Å². The van der Waals surface area contributed by atoms with Gasteiger partial charge in [-0.15, -0.1) is 24.0 Å². The molecule has 3 N–H and O–H groups in total. The van der Waals surface area contributed by atoms with Crippen molar-refractivity contribution >= 4 is 29.9 Å². The van der Waals surface area contributed by atoms with Gasteiger partial charge in [-0.3, -0.25) is 4.99 Å². The maximum absolute atomic E-state index is 12.7. The molecule has 0 aliphatic heterocycles.